The van der Waals surface area contributed by atoms with Crippen molar-refractivity contribution in [2.75, 3.05) is 0 Å². The Labute approximate surface area is 144 Å². The molecule has 1 aliphatic rings. The molecule has 1 saturated carbocycles. The summed E-state index contributed by atoms with van der Waals surface area (Å²) < 4.78 is 28.1. The van der Waals surface area contributed by atoms with Crippen molar-refractivity contribution in [1.29, 1.82) is 0 Å². The fourth-order valence-electron chi connectivity index (χ4n) is 3.89. The van der Waals surface area contributed by atoms with Crippen LogP contribution < -0.4 is 5.46 Å². The predicted octanol–water partition coefficient (Wildman–Crippen LogP) is 4.28. The van der Waals surface area contributed by atoms with Crippen molar-refractivity contribution in [3.8, 4) is 0 Å². The van der Waals surface area contributed by atoms with Gasteiger partial charge in [-0.3, -0.25) is 0 Å². The second kappa shape index (κ2) is 9.52. The molecular formula is C19H29BF2O2. The van der Waals surface area contributed by atoms with Crippen molar-refractivity contribution < 1.29 is 18.8 Å². The number of benzene rings is 1. The quantitative estimate of drug-likeness (QED) is 0.549. The van der Waals surface area contributed by atoms with Gasteiger partial charge < -0.3 is 10.0 Å². The van der Waals surface area contributed by atoms with Gasteiger partial charge in [-0.1, -0.05) is 57.6 Å². The minimum absolute atomic E-state index is 0.0423. The molecule has 0 spiro atoms. The summed E-state index contributed by atoms with van der Waals surface area (Å²) in [6.07, 6.45) is 11.7. The molecule has 0 aliphatic heterocycles. The average molecular weight is 338 g/mol. The Morgan fingerprint density at radius 2 is 1.62 bits per heavy atom. The van der Waals surface area contributed by atoms with Gasteiger partial charge in [-0.15, -0.1) is 0 Å². The molecular weight excluding hydrogens is 309 g/mol. The van der Waals surface area contributed by atoms with Crippen LogP contribution >= 0.6 is 0 Å². The van der Waals surface area contributed by atoms with E-state index in [0.717, 1.165) is 25.7 Å². The lowest BCUT2D eigenvalue weighted by atomic mass is 9.74. The minimum atomic E-state index is -1.98. The maximum Gasteiger partial charge on any atom is 0.491 e. The second-order valence-electron chi connectivity index (χ2n) is 7.17. The summed E-state index contributed by atoms with van der Waals surface area (Å²) in [4.78, 5) is 0. The van der Waals surface area contributed by atoms with Crippen molar-refractivity contribution in [2.24, 2.45) is 5.92 Å². The molecule has 0 amide bonds. The molecule has 5 heteroatoms. The number of rotatable bonds is 8. The highest BCUT2D eigenvalue weighted by Gasteiger charge is 2.28. The van der Waals surface area contributed by atoms with Crippen LogP contribution in [0.25, 0.3) is 0 Å². The summed E-state index contributed by atoms with van der Waals surface area (Å²) in [5, 5.41) is 18.1. The van der Waals surface area contributed by atoms with Gasteiger partial charge in [0, 0.05) is 5.46 Å². The van der Waals surface area contributed by atoms with Gasteiger partial charge in [0.15, 0.2) is 11.6 Å². The topological polar surface area (TPSA) is 40.5 Å². The zero-order valence-electron chi connectivity index (χ0n) is 14.6. The summed E-state index contributed by atoms with van der Waals surface area (Å²) in [5.74, 6) is -1.28. The normalized spacial score (nSPS) is 21.0. The van der Waals surface area contributed by atoms with Crippen molar-refractivity contribution >= 4 is 12.6 Å². The Morgan fingerprint density at radius 1 is 0.958 bits per heavy atom. The van der Waals surface area contributed by atoms with E-state index in [4.69, 9.17) is 10.0 Å². The Balaban J connectivity index is 1.85. The van der Waals surface area contributed by atoms with Gasteiger partial charge in [-0.25, -0.2) is 8.78 Å². The molecule has 0 atom stereocenters. The van der Waals surface area contributed by atoms with E-state index >= 15 is 0 Å². The maximum atomic E-state index is 14.2. The van der Waals surface area contributed by atoms with Crippen molar-refractivity contribution in [3.63, 3.8) is 0 Å². The lowest BCUT2D eigenvalue weighted by Crippen LogP contribution is -2.34. The van der Waals surface area contributed by atoms with Gasteiger partial charge in [0.2, 0.25) is 0 Å². The summed E-state index contributed by atoms with van der Waals surface area (Å²) in [6, 6.07) is 2.81. The van der Waals surface area contributed by atoms with E-state index in [1.165, 1.54) is 50.7 Å². The highest BCUT2D eigenvalue weighted by Crippen LogP contribution is 2.38. The van der Waals surface area contributed by atoms with Crippen molar-refractivity contribution in [1.82, 2.24) is 0 Å². The Bertz CT molecular complexity index is 514. The van der Waals surface area contributed by atoms with Gasteiger partial charge >= 0.3 is 7.12 Å². The molecule has 0 radical (unpaired) electrons. The number of hydrogen-bond acceptors (Lipinski definition) is 2. The Kier molecular flexibility index (Phi) is 7.69. The Morgan fingerprint density at radius 3 is 2.25 bits per heavy atom. The Hall–Kier alpha value is -0.935. The van der Waals surface area contributed by atoms with Gasteiger partial charge in [-0.2, -0.15) is 0 Å². The number of hydrogen-bond donors (Lipinski definition) is 2. The molecule has 0 bridgehead atoms. The third-order valence-corrected chi connectivity index (χ3v) is 5.42. The summed E-state index contributed by atoms with van der Waals surface area (Å²) in [5.41, 5.74) is -0.00434. The third kappa shape index (κ3) is 5.03. The first-order valence-electron chi connectivity index (χ1n) is 9.38. The molecule has 134 valence electrons. The molecule has 0 aromatic heterocycles. The molecule has 0 saturated heterocycles. The van der Waals surface area contributed by atoms with Crippen LogP contribution in [0.3, 0.4) is 0 Å². The summed E-state index contributed by atoms with van der Waals surface area (Å²) in [6.45, 7) is 2.22. The number of unbranched alkanes of at least 4 members (excludes halogenated alkanes) is 4. The van der Waals surface area contributed by atoms with Gasteiger partial charge in [0.05, 0.1) is 0 Å². The highest BCUT2D eigenvalue weighted by atomic mass is 19.2. The van der Waals surface area contributed by atoms with Gasteiger partial charge in [0.1, 0.15) is 0 Å². The fraction of sp³-hybridized carbons (Fsp3) is 0.684. The minimum Gasteiger partial charge on any atom is -0.423 e. The van der Waals surface area contributed by atoms with E-state index in [1.54, 1.807) is 0 Å². The lowest BCUT2D eigenvalue weighted by molar-refractivity contribution is 0.297. The first-order chi connectivity index (χ1) is 11.5. The standard InChI is InChI=1S/C19H29BF2O2/c1-2-3-4-5-6-7-14-8-10-15(11-9-14)16-12-13-17(20(23)24)19(22)18(16)21/h12-15,23-24H,2-11H2,1H3. The van der Waals surface area contributed by atoms with Gasteiger partial charge in [-0.05, 0) is 43.1 Å². The van der Waals surface area contributed by atoms with E-state index < -0.39 is 24.2 Å². The molecule has 1 aromatic carbocycles. The molecule has 1 aromatic rings. The van der Waals surface area contributed by atoms with Crippen LogP contribution in [0.1, 0.15) is 82.6 Å². The van der Waals surface area contributed by atoms with Crippen LogP contribution in [0.4, 0.5) is 8.78 Å². The smallest absolute Gasteiger partial charge is 0.423 e. The highest BCUT2D eigenvalue weighted by molar-refractivity contribution is 6.58. The number of halogens is 2. The monoisotopic (exact) mass is 338 g/mol. The molecule has 2 rings (SSSR count). The second-order valence-corrected chi connectivity index (χ2v) is 7.17. The predicted molar refractivity (Wildman–Crippen MR) is 94.3 cm³/mol. The molecule has 0 heterocycles. The van der Waals surface area contributed by atoms with E-state index in [-0.39, 0.29) is 5.92 Å². The van der Waals surface area contributed by atoms with Crippen LogP contribution in [0.5, 0.6) is 0 Å². The molecule has 1 aliphatic carbocycles. The fourth-order valence-corrected chi connectivity index (χ4v) is 3.89. The summed E-state index contributed by atoms with van der Waals surface area (Å²) in [7, 11) is -1.98. The molecule has 0 unspecified atom stereocenters. The van der Waals surface area contributed by atoms with Crippen LogP contribution in [0.15, 0.2) is 12.1 Å². The zero-order valence-corrected chi connectivity index (χ0v) is 14.6. The molecule has 2 nitrogen and oxygen atoms in total. The lowest BCUT2D eigenvalue weighted by Gasteiger charge is -2.29. The maximum absolute atomic E-state index is 14.2. The van der Waals surface area contributed by atoms with E-state index in [0.29, 0.717) is 11.5 Å². The SMILES string of the molecule is CCCCCCCC1CCC(c2ccc(B(O)O)c(F)c2F)CC1. The van der Waals surface area contributed by atoms with E-state index in [9.17, 15) is 8.78 Å². The summed E-state index contributed by atoms with van der Waals surface area (Å²) >= 11 is 0. The van der Waals surface area contributed by atoms with Crippen LogP contribution in [0.2, 0.25) is 0 Å². The molecule has 2 N–H and O–H groups in total. The molecule has 24 heavy (non-hydrogen) atoms. The third-order valence-electron chi connectivity index (χ3n) is 5.42. The van der Waals surface area contributed by atoms with E-state index in [2.05, 4.69) is 6.92 Å². The van der Waals surface area contributed by atoms with Crippen LogP contribution in [-0.2, 0) is 0 Å². The zero-order chi connectivity index (χ0) is 17.5. The van der Waals surface area contributed by atoms with E-state index in [1.807, 2.05) is 0 Å². The first-order valence-corrected chi connectivity index (χ1v) is 9.38. The average Bonchev–Trinajstić information content (AvgIpc) is 2.57. The van der Waals surface area contributed by atoms with Crippen molar-refractivity contribution in [2.45, 2.75) is 77.0 Å². The van der Waals surface area contributed by atoms with Crippen LogP contribution in [0, 0.1) is 17.6 Å². The van der Waals surface area contributed by atoms with Crippen LogP contribution in [-0.4, -0.2) is 17.2 Å². The van der Waals surface area contributed by atoms with Gasteiger partial charge in [0.25, 0.3) is 0 Å². The van der Waals surface area contributed by atoms with Crippen molar-refractivity contribution in [3.05, 3.63) is 29.3 Å². The molecule has 1 fully saturated rings. The largest absolute Gasteiger partial charge is 0.491 e. The first kappa shape index (κ1) is 19.4.